The van der Waals surface area contributed by atoms with Crippen molar-refractivity contribution in [3.8, 4) is 17.0 Å². The molecule has 17 heavy (non-hydrogen) atoms. The maximum absolute atomic E-state index is 5.57. The Morgan fingerprint density at radius 3 is 2.65 bits per heavy atom. The number of anilines is 1. The highest BCUT2D eigenvalue weighted by atomic mass is 16.5. The molecular weight excluding hydrogens is 216 g/mol. The van der Waals surface area contributed by atoms with Gasteiger partial charge in [0, 0.05) is 11.6 Å². The van der Waals surface area contributed by atoms with E-state index in [1.54, 1.807) is 6.07 Å². The summed E-state index contributed by atoms with van der Waals surface area (Å²) in [5.74, 6) is 1.20. The molecule has 2 N–H and O–H groups in total. The lowest BCUT2D eigenvalue weighted by atomic mass is 10.1. The second-order valence-electron chi connectivity index (χ2n) is 3.84. The molecule has 0 fully saturated rings. The Morgan fingerprint density at radius 2 is 2.06 bits per heavy atom. The molecule has 0 atom stereocenters. The molecule has 2 aromatic rings. The molecule has 0 saturated carbocycles. The highest BCUT2D eigenvalue weighted by Crippen LogP contribution is 2.22. The molecule has 0 amide bonds. The van der Waals surface area contributed by atoms with Crippen LogP contribution in [0.15, 0.2) is 34.9 Å². The van der Waals surface area contributed by atoms with Crippen molar-refractivity contribution >= 4 is 5.88 Å². The first-order valence-electron chi connectivity index (χ1n) is 5.75. The number of hydrogen-bond acceptors (Lipinski definition) is 4. The number of unbranched alkanes of at least 4 members (excludes halogenated alkanes) is 1. The zero-order valence-corrected chi connectivity index (χ0v) is 9.85. The third-order valence-electron chi connectivity index (χ3n) is 2.45. The quantitative estimate of drug-likeness (QED) is 0.804. The summed E-state index contributed by atoms with van der Waals surface area (Å²) in [5.41, 5.74) is 7.18. The molecule has 1 heterocycles. The van der Waals surface area contributed by atoms with Crippen LogP contribution in [0.25, 0.3) is 11.3 Å². The first-order valence-corrected chi connectivity index (χ1v) is 5.75. The van der Waals surface area contributed by atoms with E-state index in [0.29, 0.717) is 5.88 Å². The summed E-state index contributed by atoms with van der Waals surface area (Å²) in [5, 5.41) is 3.85. The lowest BCUT2D eigenvalue weighted by Crippen LogP contribution is -1.95. The van der Waals surface area contributed by atoms with Gasteiger partial charge in [-0.05, 0) is 30.7 Å². The van der Waals surface area contributed by atoms with Crippen LogP contribution in [0.1, 0.15) is 19.8 Å². The number of nitrogens with two attached hydrogens (primary N) is 1. The molecule has 0 saturated heterocycles. The van der Waals surface area contributed by atoms with Crippen LogP contribution >= 0.6 is 0 Å². The van der Waals surface area contributed by atoms with Gasteiger partial charge in [0.15, 0.2) is 0 Å². The van der Waals surface area contributed by atoms with Crippen LogP contribution in [0.3, 0.4) is 0 Å². The molecule has 1 aromatic carbocycles. The number of nitrogen functional groups attached to an aromatic ring is 1. The van der Waals surface area contributed by atoms with E-state index < -0.39 is 0 Å². The van der Waals surface area contributed by atoms with Crippen LogP contribution in [0.4, 0.5) is 5.88 Å². The molecule has 0 aliphatic heterocycles. The van der Waals surface area contributed by atoms with Crippen LogP contribution in [0.2, 0.25) is 0 Å². The number of ether oxygens (including phenoxy) is 1. The summed E-state index contributed by atoms with van der Waals surface area (Å²) in [6.45, 7) is 2.90. The smallest absolute Gasteiger partial charge is 0.222 e. The van der Waals surface area contributed by atoms with Gasteiger partial charge in [0.1, 0.15) is 11.4 Å². The second-order valence-corrected chi connectivity index (χ2v) is 3.84. The maximum atomic E-state index is 5.57. The molecule has 90 valence electrons. The van der Waals surface area contributed by atoms with Gasteiger partial charge in [-0.25, -0.2) is 0 Å². The predicted molar refractivity (Wildman–Crippen MR) is 66.8 cm³/mol. The van der Waals surface area contributed by atoms with Gasteiger partial charge in [-0.3, -0.25) is 0 Å². The molecule has 0 spiro atoms. The summed E-state index contributed by atoms with van der Waals surface area (Å²) in [6.07, 6.45) is 2.21. The Balaban J connectivity index is 2.02. The molecular formula is C13H16N2O2. The van der Waals surface area contributed by atoms with Gasteiger partial charge in [0.25, 0.3) is 0 Å². The first kappa shape index (κ1) is 11.5. The first-order chi connectivity index (χ1) is 8.29. The van der Waals surface area contributed by atoms with Crippen LogP contribution in [-0.4, -0.2) is 11.8 Å². The SMILES string of the molecule is CCCCOc1ccc(-c2cc(N)on2)cc1. The van der Waals surface area contributed by atoms with E-state index in [1.165, 1.54) is 0 Å². The number of benzene rings is 1. The summed E-state index contributed by atoms with van der Waals surface area (Å²) in [7, 11) is 0. The Bertz CT molecular complexity index is 463. The zero-order chi connectivity index (χ0) is 12.1. The van der Waals surface area contributed by atoms with Crippen molar-refractivity contribution in [1.82, 2.24) is 5.16 Å². The molecule has 0 aliphatic carbocycles. The van der Waals surface area contributed by atoms with Crippen molar-refractivity contribution in [2.24, 2.45) is 0 Å². The fourth-order valence-corrected chi connectivity index (χ4v) is 1.48. The van der Waals surface area contributed by atoms with E-state index in [9.17, 15) is 0 Å². The fraction of sp³-hybridized carbons (Fsp3) is 0.308. The van der Waals surface area contributed by atoms with Crippen LogP contribution < -0.4 is 10.5 Å². The van der Waals surface area contributed by atoms with Crippen molar-refractivity contribution in [3.05, 3.63) is 30.3 Å². The Morgan fingerprint density at radius 1 is 1.29 bits per heavy atom. The van der Waals surface area contributed by atoms with Gasteiger partial charge in [0.2, 0.25) is 5.88 Å². The number of hydrogen-bond donors (Lipinski definition) is 1. The average molecular weight is 232 g/mol. The third kappa shape index (κ3) is 3.00. The van der Waals surface area contributed by atoms with Gasteiger partial charge in [-0.2, -0.15) is 0 Å². The predicted octanol–water partition coefficient (Wildman–Crippen LogP) is 3.10. The van der Waals surface area contributed by atoms with Crippen LogP contribution in [-0.2, 0) is 0 Å². The van der Waals surface area contributed by atoms with Crippen LogP contribution in [0.5, 0.6) is 5.75 Å². The Kier molecular flexibility index (Phi) is 3.65. The van der Waals surface area contributed by atoms with Gasteiger partial charge >= 0.3 is 0 Å². The standard InChI is InChI=1S/C13H16N2O2/c1-2-3-8-16-11-6-4-10(5-7-11)12-9-13(14)17-15-12/h4-7,9H,2-3,8,14H2,1H3. The van der Waals surface area contributed by atoms with Crippen LogP contribution in [0, 0.1) is 0 Å². The van der Waals surface area contributed by atoms with Crippen molar-refractivity contribution in [2.75, 3.05) is 12.3 Å². The topological polar surface area (TPSA) is 61.3 Å². The van der Waals surface area contributed by atoms with E-state index in [4.69, 9.17) is 15.0 Å². The molecule has 4 nitrogen and oxygen atoms in total. The Labute approximate surface area is 100 Å². The van der Waals surface area contributed by atoms with E-state index in [1.807, 2.05) is 24.3 Å². The van der Waals surface area contributed by atoms with Gasteiger partial charge in [-0.1, -0.05) is 18.5 Å². The summed E-state index contributed by atoms with van der Waals surface area (Å²) in [6, 6.07) is 9.44. The third-order valence-corrected chi connectivity index (χ3v) is 2.45. The normalized spacial score (nSPS) is 10.4. The van der Waals surface area contributed by atoms with Crippen molar-refractivity contribution in [3.63, 3.8) is 0 Å². The van der Waals surface area contributed by atoms with E-state index >= 15 is 0 Å². The highest BCUT2D eigenvalue weighted by molar-refractivity contribution is 5.61. The summed E-state index contributed by atoms with van der Waals surface area (Å²) in [4.78, 5) is 0. The molecule has 2 rings (SSSR count). The minimum Gasteiger partial charge on any atom is -0.494 e. The second kappa shape index (κ2) is 5.39. The minimum atomic E-state index is 0.322. The molecule has 1 aromatic heterocycles. The lowest BCUT2D eigenvalue weighted by molar-refractivity contribution is 0.309. The molecule has 4 heteroatoms. The van der Waals surface area contributed by atoms with E-state index in [2.05, 4.69) is 12.1 Å². The van der Waals surface area contributed by atoms with Crippen molar-refractivity contribution in [1.29, 1.82) is 0 Å². The summed E-state index contributed by atoms with van der Waals surface area (Å²) >= 11 is 0. The monoisotopic (exact) mass is 232 g/mol. The number of aromatic nitrogens is 1. The molecule has 0 radical (unpaired) electrons. The number of nitrogens with zero attached hydrogens (tertiary/aromatic N) is 1. The zero-order valence-electron chi connectivity index (χ0n) is 9.85. The fourth-order valence-electron chi connectivity index (χ4n) is 1.48. The largest absolute Gasteiger partial charge is 0.494 e. The molecule has 0 bridgehead atoms. The van der Waals surface area contributed by atoms with Gasteiger partial charge < -0.3 is 15.0 Å². The number of rotatable bonds is 5. The molecule has 0 unspecified atom stereocenters. The lowest BCUT2D eigenvalue weighted by Gasteiger charge is -2.05. The average Bonchev–Trinajstić information content (AvgIpc) is 2.77. The molecule has 0 aliphatic rings. The Hall–Kier alpha value is -1.97. The minimum absolute atomic E-state index is 0.322. The van der Waals surface area contributed by atoms with E-state index in [0.717, 1.165) is 36.5 Å². The van der Waals surface area contributed by atoms with Gasteiger partial charge in [0.05, 0.1) is 6.61 Å². The van der Waals surface area contributed by atoms with Crippen molar-refractivity contribution < 1.29 is 9.26 Å². The maximum Gasteiger partial charge on any atom is 0.222 e. The van der Waals surface area contributed by atoms with Crippen molar-refractivity contribution in [2.45, 2.75) is 19.8 Å². The summed E-state index contributed by atoms with van der Waals surface area (Å²) < 4.78 is 10.4. The van der Waals surface area contributed by atoms with E-state index in [-0.39, 0.29) is 0 Å². The van der Waals surface area contributed by atoms with Gasteiger partial charge in [-0.15, -0.1) is 0 Å². The highest BCUT2D eigenvalue weighted by Gasteiger charge is 2.04.